The molecule has 0 spiro atoms. The van der Waals surface area contributed by atoms with Crippen LogP contribution in [0.1, 0.15) is 51.9 Å². The highest BCUT2D eigenvalue weighted by Gasteiger charge is 2.29. The van der Waals surface area contributed by atoms with Gasteiger partial charge in [0, 0.05) is 12.6 Å². The van der Waals surface area contributed by atoms with Crippen molar-refractivity contribution in [2.75, 3.05) is 13.1 Å². The number of aliphatic hydroxyl groups is 1. The van der Waals surface area contributed by atoms with Gasteiger partial charge in [0.1, 0.15) is 0 Å². The molecule has 3 N–H and O–H groups in total. The summed E-state index contributed by atoms with van der Waals surface area (Å²) < 4.78 is 0. The fourth-order valence-corrected chi connectivity index (χ4v) is 2.84. The van der Waals surface area contributed by atoms with Gasteiger partial charge in [-0.05, 0) is 32.6 Å². The van der Waals surface area contributed by atoms with E-state index in [9.17, 15) is 5.11 Å². The van der Waals surface area contributed by atoms with Crippen LogP contribution in [0.4, 0.5) is 0 Å². The minimum absolute atomic E-state index is 0. The van der Waals surface area contributed by atoms with Crippen LogP contribution in [0.15, 0.2) is 17.1 Å². The quantitative estimate of drug-likeness (QED) is 0.298. The number of rotatable bonds is 4. The average molecular weight is 393 g/mol. The summed E-state index contributed by atoms with van der Waals surface area (Å²) in [6.07, 6.45) is 11.8. The van der Waals surface area contributed by atoms with Crippen LogP contribution in [0, 0.1) is 0 Å². The zero-order chi connectivity index (χ0) is 13.6. The predicted molar refractivity (Wildman–Crippen MR) is 94.7 cm³/mol. The molecule has 0 saturated heterocycles. The Balaban J connectivity index is 0.00000200. The van der Waals surface area contributed by atoms with Crippen molar-refractivity contribution in [3.8, 4) is 0 Å². The molecule has 0 aromatic rings. The van der Waals surface area contributed by atoms with E-state index in [0.29, 0.717) is 12.6 Å². The van der Waals surface area contributed by atoms with Crippen molar-refractivity contribution in [3.63, 3.8) is 0 Å². The molecule has 0 unspecified atom stereocenters. The van der Waals surface area contributed by atoms with Crippen LogP contribution in [0.3, 0.4) is 0 Å². The van der Waals surface area contributed by atoms with Crippen molar-refractivity contribution in [2.45, 2.75) is 63.5 Å². The molecule has 0 atom stereocenters. The second-order valence-corrected chi connectivity index (χ2v) is 5.76. The lowest BCUT2D eigenvalue weighted by molar-refractivity contribution is 0.0131. The number of guanidine groups is 1. The first-order chi connectivity index (χ1) is 9.22. The molecule has 4 nitrogen and oxygen atoms in total. The summed E-state index contributed by atoms with van der Waals surface area (Å²) in [6.45, 7) is 3.44. The lowest BCUT2D eigenvalue weighted by Crippen LogP contribution is -2.44. The van der Waals surface area contributed by atoms with Crippen LogP contribution >= 0.6 is 24.0 Å². The van der Waals surface area contributed by atoms with Crippen LogP contribution in [-0.2, 0) is 0 Å². The topological polar surface area (TPSA) is 56.7 Å². The standard InChI is InChI=1S/C15H27N3O.HI/c1-2-16-14(18-13-8-4-5-9-13)17-12-15(19)10-6-3-7-11-15;/h4-5,13,19H,2-3,6-12H2,1H3,(H2,16,17,18);1H. The van der Waals surface area contributed by atoms with Gasteiger partial charge in [-0.1, -0.05) is 31.4 Å². The molecule has 0 aromatic heterocycles. The fraction of sp³-hybridized carbons (Fsp3) is 0.800. The molecule has 2 aliphatic carbocycles. The first-order valence-corrected chi connectivity index (χ1v) is 7.64. The van der Waals surface area contributed by atoms with Crippen LogP contribution in [-0.4, -0.2) is 35.8 Å². The highest BCUT2D eigenvalue weighted by atomic mass is 127. The lowest BCUT2D eigenvalue weighted by atomic mass is 9.85. The van der Waals surface area contributed by atoms with Gasteiger partial charge in [0.15, 0.2) is 5.96 Å². The maximum absolute atomic E-state index is 10.5. The van der Waals surface area contributed by atoms with Crippen molar-refractivity contribution < 1.29 is 5.11 Å². The van der Waals surface area contributed by atoms with E-state index in [4.69, 9.17) is 0 Å². The average Bonchev–Trinajstić information content (AvgIpc) is 2.90. The summed E-state index contributed by atoms with van der Waals surface area (Å²) in [4.78, 5) is 4.59. The second kappa shape index (κ2) is 8.87. The van der Waals surface area contributed by atoms with E-state index in [0.717, 1.165) is 51.0 Å². The maximum atomic E-state index is 10.5. The van der Waals surface area contributed by atoms with E-state index in [1.807, 2.05) is 0 Å². The van der Waals surface area contributed by atoms with E-state index in [1.165, 1.54) is 6.42 Å². The number of hydrogen-bond acceptors (Lipinski definition) is 2. The number of hydrogen-bond donors (Lipinski definition) is 3. The molecule has 0 bridgehead atoms. The number of halogens is 1. The summed E-state index contributed by atoms with van der Waals surface area (Å²) in [5, 5.41) is 17.2. The second-order valence-electron chi connectivity index (χ2n) is 5.76. The summed E-state index contributed by atoms with van der Waals surface area (Å²) in [6, 6.07) is 0.457. The van der Waals surface area contributed by atoms with Crippen molar-refractivity contribution >= 4 is 29.9 Å². The number of nitrogens with zero attached hydrogens (tertiary/aromatic N) is 1. The molecule has 0 radical (unpaired) electrons. The van der Waals surface area contributed by atoms with Gasteiger partial charge in [0.05, 0.1) is 12.1 Å². The van der Waals surface area contributed by atoms with Gasteiger partial charge in [-0.2, -0.15) is 0 Å². The predicted octanol–water partition coefficient (Wildman–Crippen LogP) is 2.57. The normalized spacial score (nSPS) is 22.4. The molecular weight excluding hydrogens is 365 g/mol. The summed E-state index contributed by atoms with van der Waals surface area (Å²) in [5.41, 5.74) is -0.575. The first-order valence-electron chi connectivity index (χ1n) is 7.64. The van der Waals surface area contributed by atoms with Crippen LogP contribution in [0.5, 0.6) is 0 Å². The van der Waals surface area contributed by atoms with Crippen molar-refractivity contribution in [1.82, 2.24) is 10.6 Å². The summed E-state index contributed by atoms with van der Waals surface area (Å²) in [7, 11) is 0. The Hall–Kier alpha value is -0.300. The summed E-state index contributed by atoms with van der Waals surface area (Å²) >= 11 is 0. The van der Waals surface area contributed by atoms with E-state index in [1.54, 1.807) is 0 Å². The molecule has 2 aliphatic rings. The third-order valence-corrected chi connectivity index (χ3v) is 4.01. The SMILES string of the molecule is CCNC(=NCC1(O)CCCCC1)NC1CC=CC1.I. The minimum Gasteiger partial charge on any atom is -0.388 e. The number of aliphatic imine (C=N–C) groups is 1. The Kier molecular flexibility index (Phi) is 7.87. The van der Waals surface area contributed by atoms with Gasteiger partial charge in [0.25, 0.3) is 0 Å². The van der Waals surface area contributed by atoms with Gasteiger partial charge in [0.2, 0.25) is 0 Å². The zero-order valence-electron chi connectivity index (χ0n) is 12.4. The maximum Gasteiger partial charge on any atom is 0.191 e. The van der Waals surface area contributed by atoms with Crippen molar-refractivity contribution in [3.05, 3.63) is 12.2 Å². The third kappa shape index (κ3) is 5.60. The van der Waals surface area contributed by atoms with Gasteiger partial charge in [-0.25, -0.2) is 0 Å². The van der Waals surface area contributed by atoms with Crippen molar-refractivity contribution in [2.24, 2.45) is 4.99 Å². The monoisotopic (exact) mass is 393 g/mol. The first kappa shape index (κ1) is 17.8. The van der Waals surface area contributed by atoms with Gasteiger partial charge < -0.3 is 15.7 Å². The molecule has 116 valence electrons. The molecule has 0 aromatic carbocycles. The van der Waals surface area contributed by atoms with Crippen LogP contribution in [0.25, 0.3) is 0 Å². The van der Waals surface area contributed by atoms with Crippen LogP contribution < -0.4 is 10.6 Å². The Labute approximate surface area is 139 Å². The van der Waals surface area contributed by atoms with Crippen molar-refractivity contribution in [1.29, 1.82) is 0 Å². The Morgan fingerprint density at radius 1 is 1.25 bits per heavy atom. The molecule has 5 heteroatoms. The highest BCUT2D eigenvalue weighted by molar-refractivity contribution is 14.0. The largest absolute Gasteiger partial charge is 0.388 e. The van der Waals surface area contributed by atoms with E-state index >= 15 is 0 Å². The van der Waals surface area contributed by atoms with Gasteiger partial charge >= 0.3 is 0 Å². The van der Waals surface area contributed by atoms with E-state index in [-0.39, 0.29) is 24.0 Å². The van der Waals surface area contributed by atoms with Gasteiger partial charge in [-0.15, -0.1) is 24.0 Å². The third-order valence-electron chi connectivity index (χ3n) is 4.01. The Morgan fingerprint density at radius 2 is 1.90 bits per heavy atom. The Morgan fingerprint density at radius 3 is 2.50 bits per heavy atom. The molecule has 2 rings (SSSR count). The lowest BCUT2D eigenvalue weighted by Gasteiger charge is -2.30. The molecule has 0 heterocycles. The zero-order valence-corrected chi connectivity index (χ0v) is 14.7. The smallest absolute Gasteiger partial charge is 0.191 e. The minimum atomic E-state index is -0.575. The molecule has 20 heavy (non-hydrogen) atoms. The van der Waals surface area contributed by atoms with Gasteiger partial charge in [-0.3, -0.25) is 4.99 Å². The number of nitrogens with one attached hydrogen (secondary N) is 2. The fourth-order valence-electron chi connectivity index (χ4n) is 2.84. The Bertz CT molecular complexity index is 330. The summed E-state index contributed by atoms with van der Waals surface area (Å²) in [5.74, 6) is 0.843. The highest BCUT2D eigenvalue weighted by Crippen LogP contribution is 2.28. The van der Waals surface area contributed by atoms with Crippen LogP contribution in [0.2, 0.25) is 0 Å². The molecule has 1 saturated carbocycles. The van der Waals surface area contributed by atoms with E-state index < -0.39 is 5.60 Å². The molecular formula is C15H28IN3O. The molecule has 0 aliphatic heterocycles. The van der Waals surface area contributed by atoms with E-state index in [2.05, 4.69) is 34.7 Å². The molecule has 0 amide bonds. The molecule has 1 fully saturated rings.